The average Bonchev–Trinajstić information content (AvgIpc) is 2.55. The summed E-state index contributed by atoms with van der Waals surface area (Å²) in [6.07, 6.45) is 0.705. The van der Waals surface area contributed by atoms with Crippen molar-refractivity contribution in [1.29, 1.82) is 0 Å². The van der Waals surface area contributed by atoms with Crippen LogP contribution in [0.15, 0.2) is 53.4 Å². The van der Waals surface area contributed by atoms with E-state index in [1.165, 1.54) is 0 Å². The highest BCUT2D eigenvalue weighted by Crippen LogP contribution is 2.11. The van der Waals surface area contributed by atoms with E-state index in [-0.39, 0.29) is 10.9 Å². The molecule has 7 heteroatoms. The molecule has 0 radical (unpaired) electrons. The van der Waals surface area contributed by atoms with Crippen LogP contribution in [0.25, 0.3) is 0 Å². The van der Waals surface area contributed by atoms with Gasteiger partial charge in [-0.3, -0.25) is 10.7 Å². The van der Waals surface area contributed by atoms with Crippen LogP contribution in [0, 0.1) is 6.92 Å². The lowest BCUT2D eigenvalue weighted by molar-refractivity contribution is -0.459. The molecular weight excluding hydrogens is 326 g/mol. The number of methoxy groups -OCH3 is 1. The molecule has 0 aliphatic heterocycles. The lowest BCUT2D eigenvalue weighted by atomic mass is 10.1. The number of nitrogens with two attached hydrogens (primary N) is 1. The predicted octanol–water partition coefficient (Wildman–Crippen LogP) is -0.0801. The normalized spacial score (nSPS) is 12.0. The maximum absolute atomic E-state index is 12.2. The first-order chi connectivity index (χ1) is 11.4. The average molecular weight is 348 g/mol. The monoisotopic (exact) mass is 348 g/mol. The number of rotatable bonds is 6. The molecule has 4 N–H and O–H groups in total. The van der Waals surface area contributed by atoms with E-state index in [9.17, 15) is 8.42 Å². The van der Waals surface area contributed by atoms with Crippen LogP contribution in [-0.4, -0.2) is 28.0 Å². The van der Waals surface area contributed by atoms with Gasteiger partial charge in [0.15, 0.2) is 0 Å². The maximum atomic E-state index is 12.2. The van der Waals surface area contributed by atoms with Crippen molar-refractivity contribution in [3.63, 3.8) is 0 Å². The first kappa shape index (κ1) is 17.8. The van der Waals surface area contributed by atoms with Gasteiger partial charge in [-0.2, -0.15) is 13.1 Å². The quantitative estimate of drug-likeness (QED) is 0.503. The minimum atomic E-state index is -3.67. The fraction of sp³-hybridized carbons (Fsp3) is 0.235. The Balaban J connectivity index is 1.94. The lowest BCUT2D eigenvalue weighted by Crippen LogP contribution is -2.79. The smallest absolute Gasteiger partial charge is 0.356 e. The van der Waals surface area contributed by atoms with Crippen molar-refractivity contribution < 1.29 is 18.1 Å². The molecule has 0 amide bonds. The minimum absolute atomic E-state index is 0.00378. The molecule has 0 atom stereocenters. The van der Waals surface area contributed by atoms with Gasteiger partial charge in [0.2, 0.25) is 0 Å². The van der Waals surface area contributed by atoms with Crippen LogP contribution in [0.5, 0.6) is 5.75 Å². The van der Waals surface area contributed by atoms with Gasteiger partial charge in [-0.25, -0.2) is 0 Å². The molecule has 0 aromatic heterocycles. The van der Waals surface area contributed by atoms with Gasteiger partial charge >= 0.3 is 16.0 Å². The van der Waals surface area contributed by atoms with E-state index in [2.05, 4.69) is 9.71 Å². The molecule has 6 nitrogen and oxygen atoms in total. The first-order valence-electron chi connectivity index (χ1n) is 7.49. The molecule has 0 aliphatic carbocycles. The summed E-state index contributed by atoms with van der Waals surface area (Å²) in [5, 5.41) is 0. The molecule has 0 bridgehead atoms. The summed E-state index contributed by atoms with van der Waals surface area (Å²) >= 11 is 0. The number of nitrogens with one attached hydrogen (secondary N) is 2. The predicted molar refractivity (Wildman–Crippen MR) is 93.2 cm³/mol. The summed E-state index contributed by atoms with van der Waals surface area (Å²) < 4.78 is 31.8. The second-order valence-electron chi connectivity index (χ2n) is 5.36. The summed E-state index contributed by atoms with van der Waals surface area (Å²) in [5.41, 5.74) is 7.82. The number of benzene rings is 2. The number of hydrogen-bond acceptors (Lipinski definition) is 3. The van der Waals surface area contributed by atoms with Crippen molar-refractivity contribution in [1.82, 2.24) is 4.72 Å². The van der Waals surface area contributed by atoms with Crippen LogP contribution in [-0.2, 0) is 16.4 Å². The maximum Gasteiger partial charge on any atom is 0.356 e. The van der Waals surface area contributed by atoms with Crippen molar-refractivity contribution in [2.24, 2.45) is 5.73 Å². The highest BCUT2D eigenvalue weighted by Gasteiger charge is 2.18. The molecule has 0 spiro atoms. The molecule has 0 aliphatic rings. The molecule has 0 saturated heterocycles. The van der Waals surface area contributed by atoms with E-state index in [4.69, 9.17) is 10.5 Å². The Hall–Kier alpha value is -2.54. The zero-order valence-corrected chi connectivity index (χ0v) is 14.6. The van der Waals surface area contributed by atoms with Crippen LogP contribution in [0.2, 0.25) is 0 Å². The highest BCUT2D eigenvalue weighted by molar-refractivity contribution is 7.90. The number of aryl methyl sites for hydroxylation is 1. The Morgan fingerprint density at radius 3 is 2.33 bits per heavy atom. The van der Waals surface area contributed by atoms with Crippen LogP contribution >= 0.6 is 0 Å². The third-order valence-electron chi connectivity index (χ3n) is 3.46. The fourth-order valence-corrected chi connectivity index (χ4v) is 3.06. The van der Waals surface area contributed by atoms with E-state index >= 15 is 0 Å². The topological polar surface area (TPSA) is 95.4 Å². The van der Waals surface area contributed by atoms with Gasteiger partial charge in [0.1, 0.15) is 10.6 Å². The third kappa shape index (κ3) is 4.99. The van der Waals surface area contributed by atoms with Gasteiger partial charge in [-0.1, -0.05) is 29.8 Å². The van der Waals surface area contributed by atoms with Crippen molar-refractivity contribution in [2.45, 2.75) is 18.2 Å². The molecule has 2 aromatic rings. The van der Waals surface area contributed by atoms with E-state index < -0.39 is 10.0 Å². The summed E-state index contributed by atoms with van der Waals surface area (Å²) in [5.74, 6) is 0.799. The highest BCUT2D eigenvalue weighted by atomic mass is 32.2. The Kier molecular flexibility index (Phi) is 5.81. The Morgan fingerprint density at radius 2 is 1.75 bits per heavy atom. The summed E-state index contributed by atoms with van der Waals surface area (Å²) in [4.78, 5) is 3.04. The first-order valence-corrected chi connectivity index (χ1v) is 8.98. The second-order valence-corrected chi connectivity index (χ2v) is 7.04. The summed E-state index contributed by atoms with van der Waals surface area (Å²) in [6, 6.07) is 14.2. The molecule has 0 fully saturated rings. The summed E-state index contributed by atoms with van der Waals surface area (Å²) in [7, 11) is -2.05. The molecule has 0 saturated carbocycles. The second kappa shape index (κ2) is 7.83. The zero-order valence-electron chi connectivity index (χ0n) is 13.7. The van der Waals surface area contributed by atoms with E-state index in [1.54, 1.807) is 31.4 Å². The van der Waals surface area contributed by atoms with Crippen LogP contribution in [0.3, 0.4) is 0 Å². The van der Waals surface area contributed by atoms with Gasteiger partial charge in [0.25, 0.3) is 0 Å². The van der Waals surface area contributed by atoms with Crippen LogP contribution in [0.4, 0.5) is 0 Å². The van der Waals surface area contributed by atoms with Gasteiger partial charge in [-0.05, 0) is 36.8 Å². The molecular formula is C17H22N3O3S+. The van der Waals surface area contributed by atoms with E-state index in [0.29, 0.717) is 13.0 Å². The molecule has 0 heterocycles. The molecule has 0 unspecified atom stereocenters. The number of hydrogen-bond donors (Lipinski definition) is 3. The van der Waals surface area contributed by atoms with Gasteiger partial charge < -0.3 is 4.74 Å². The largest absolute Gasteiger partial charge is 0.497 e. The van der Waals surface area contributed by atoms with Crippen molar-refractivity contribution >= 4 is 16.0 Å². The van der Waals surface area contributed by atoms with E-state index in [0.717, 1.165) is 16.9 Å². The van der Waals surface area contributed by atoms with Crippen molar-refractivity contribution in [2.75, 3.05) is 13.7 Å². The fourth-order valence-electron chi connectivity index (χ4n) is 2.09. The van der Waals surface area contributed by atoms with Crippen LogP contribution in [0.1, 0.15) is 11.1 Å². The standard InChI is InChI=1S/C17H21N3O3S/c1-13-3-9-16(10-4-13)24(21,22)20-17(18)19-12-11-14-5-7-15(23-2)8-6-14/h3-10H,11-12H2,1-2H3,(H3,18,19,20)/p+1. The Morgan fingerprint density at radius 1 is 1.12 bits per heavy atom. The van der Waals surface area contributed by atoms with Crippen LogP contribution < -0.4 is 20.2 Å². The van der Waals surface area contributed by atoms with Crippen molar-refractivity contribution in [3.8, 4) is 5.75 Å². The van der Waals surface area contributed by atoms with Gasteiger partial charge in [0, 0.05) is 6.42 Å². The molecule has 128 valence electrons. The van der Waals surface area contributed by atoms with Gasteiger partial charge in [-0.15, -0.1) is 0 Å². The zero-order chi connectivity index (χ0) is 17.6. The minimum Gasteiger partial charge on any atom is -0.497 e. The molecule has 2 aromatic carbocycles. The van der Waals surface area contributed by atoms with E-state index in [1.807, 2.05) is 31.2 Å². The molecule has 2 rings (SSSR count). The number of ether oxygens (including phenoxy) is 1. The van der Waals surface area contributed by atoms with Gasteiger partial charge in [0.05, 0.1) is 13.7 Å². The Bertz CT molecular complexity index is 798. The third-order valence-corrected chi connectivity index (χ3v) is 4.85. The number of guanidine groups is 1. The SMILES string of the molecule is COc1ccc(CC[NH+]=C(N)NS(=O)(=O)c2ccc(C)cc2)cc1. The Labute approximate surface area is 142 Å². The number of sulfonamides is 1. The van der Waals surface area contributed by atoms with Crippen molar-refractivity contribution in [3.05, 3.63) is 59.7 Å². The lowest BCUT2D eigenvalue weighted by Gasteiger charge is -2.04. The summed E-state index contributed by atoms with van der Waals surface area (Å²) in [6.45, 7) is 2.40. The molecule has 24 heavy (non-hydrogen) atoms.